The van der Waals surface area contributed by atoms with Gasteiger partial charge < -0.3 is 10.6 Å². The van der Waals surface area contributed by atoms with Crippen molar-refractivity contribution >= 4 is 11.5 Å². The zero-order valence-corrected chi connectivity index (χ0v) is 11.4. The number of hydrogen-bond acceptors (Lipinski definition) is 3. The van der Waals surface area contributed by atoms with Gasteiger partial charge in [-0.25, -0.2) is 4.98 Å². The standard InChI is InChI=1S/C14H22N4/c1-11(2)12(15)7-9-17(3)14-6-4-5-13-16-8-10-18(13)14/h4-6,8,10-12H,7,9,15H2,1-3H3. The Labute approximate surface area is 108 Å². The van der Waals surface area contributed by atoms with Crippen LogP contribution in [0.25, 0.3) is 5.65 Å². The maximum Gasteiger partial charge on any atom is 0.138 e. The molecule has 0 spiro atoms. The number of pyridine rings is 1. The van der Waals surface area contributed by atoms with Gasteiger partial charge in [0.2, 0.25) is 0 Å². The van der Waals surface area contributed by atoms with Gasteiger partial charge in [-0.2, -0.15) is 0 Å². The van der Waals surface area contributed by atoms with Crippen molar-refractivity contribution in [2.75, 3.05) is 18.5 Å². The van der Waals surface area contributed by atoms with E-state index in [1.165, 1.54) is 0 Å². The van der Waals surface area contributed by atoms with Crippen LogP contribution in [0.2, 0.25) is 0 Å². The van der Waals surface area contributed by atoms with Crippen LogP contribution in [0.4, 0.5) is 5.82 Å². The molecule has 0 aromatic carbocycles. The molecule has 2 heterocycles. The van der Waals surface area contributed by atoms with E-state index in [2.05, 4.69) is 41.2 Å². The van der Waals surface area contributed by atoms with Crippen LogP contribution in [0, 0.1) is 5.92 Å². The molecular weight excluding hydrogens is 224 g/mol. The summed E-state index contributed by atoms with van der Waals surface area (Å²) in [6.07, 6.45) is 4.81. The Bertz CT molecular complexity index is 503. The Morgan fingerprint density at radius 1 is 1.39 bits per heavy atom. The minimum atomic E-state index is 0.259. The van der Waals surface area contributed by atoms with Crippen molar-refractivity contribution in [2.45, 2.75) is 26.3 Å². The highest BCUT2D eigenvalue weighted by Gasteiger charge is 2.10. The zero-order valence-electron chi connectivity index (χ0n) is 11.4. The summed E-state index contributed by atoms with van der Waals surface area (Å²) >= 11 is 0. The lowest BCUT2D eigenvalue weighted by Crippen LogP contribution is -2.32. The Balaban J connectivity index is 2.09. The molecular formula is C14H22N4. The van der Waals surface area contributed by atoms with E-state index in [0.29, 0.717) is 5.92 Å². The van der Waals surface area contributed by atoms with Gasteiger partial charge in [-0.3, -0.25) is 4.40 Å². The molecule has 0 fully saturated rings. The lowest BCUT2D eigenvalue weighted by Gasteiger charge is -2.23. The van der Waals surface area contributed by atoms with E-state index in [9.17, 15) is 0 Å². The second-order valence-corrected chi connectivity index (χ2v) is 5.16. The minimum absolute atomic E-state index is 0.259. The average Bonchev–Trinajstić information content (AvgIpc) is 2.83. The van der Waals surface area contributed by atoms with E-state index >= 15 is 0 Å². The molecule has 0 amide bonds. The number of nitrogens with two attached hydrogens (primary N) is 1. The average molecular weight is 246 g/mol. The third-order valence-corrected chi connectivity index (χ3v) is 3.45. The number of imidazole rings is 1. The Morgan fingerprint density at radius 3 is 2.89 bits per heavy atom. The number of aromatic nitrogens is 2. The summed E-state index contributed by atoms with van der Waals surface area (Å²) < 4.78 is 2.10. The predicted molar refractivity (Wildman–Crippen MR) is 75.9 cm³/mol. The SMILES string of the molecule is CC(C)C(N)CCN(C)c1cccc2nccn12. The molecule has 0 aliphatic rings. The normalized spacial score (nSPS) is 13.2. The molecule has 2 rings (SSSR count). The van der Waals surface area contributed by atoms with Gasteiger partial charge >= 0.3 is 0 Å². The van der Waals surface area contributed by atoms with Crippen LogP contribution in [0.5, 0.6) is 0 Å². The van der Waals surface area contributed by atoms with Gasteiger partial charge in [0.25, 0.3) is 0 Å². The van der Waals surface area contributed by atoms with Crippen LogP contribution in [0.15, 0.2) is 30.6 Å². The van der Waals surface area contributed by atoms with E-state index in [1.807, 2.05) is 24.5 Å². The first kappa shape index (κ1) is 12.9. The second-order valence-electron chi connectivity index (χ2n) is 5.16. The molecule has 18 heavy (non-hydrogen) atoms. The van der Waals surface area contributed by atoms with Crippen molar-refractivity contribution in [2.24, 2.45) is 11.7 Å². The van der Waals surface area contributed by atoms with Gasteiger partial charge in [-0.1, -0.05) is 19.9 Å². The third kappa shape index (κ3) is 2.64. The minimum Gasteiger partial charge on any atom is -0.361 e. The van der Waals surface area contributed by atoms with E-state index in [-0.39, 0.29) is 6.04 Å². The molecule has 0 saturated heterocycles. The summed E-state index contributed by atoms with van der Waals surface area (Å²) in [5.41, 5.74) is 7.07. The zero-order chi connectivity index (χ0) is 13.1. The monoisotopic (exact) mass is 246 g/mol. The number of nitrogens with zero attached hydrogens (tertiary/aromatic N) is 3. The molecule has 0 saturated carbocycles. The molecule has 1 unspecified atom stereocenters. The number of hydrogen-bond donors (Lipinski definition) is 1. The Hall–Kier alpha value is -1.55. The van der Waals surface area contributed by atoms with Gasteiger partial charge in [0.05, 0.1) is 0 Å². The highest BCUT2D eigenvalue weighted by atomic mass is 15.2. The van der Waals surface area contributed by atoms with Crippen LogP contribution in [0.3, 0.4) is 0 Å². The molecule has 4 heteroatoms. The first-order chi connectivity index (χ1) is 8.59. The fourth-order valence-electron chi connectivity index (χ4n) is 2.03. The van der Waals surface area contributed by atoms with Crippen molar-refractivity contribution in [1.29, 1.82) is 0 Å². The lowest BCUT2D eigenvalue weighted by molar-refractivity contribution is 0.465. The van der Waals surface area contributed by atoms with Crippen LogP contribution >= 0.6 is 0 Å². The Kier molecular flexibility index (Phi) is 3.87. The molecule has 0 aliphatic carbocycles. The van der Waals surface area contributed by atoms with Gasteiger partial charge in [-0.05, 0) is 24.5 Å². The van der Waals surface area contributed by atoms with Gasteiger partial charge in [0.1, 0.15) is 11.5 Å². The highest BCUT2D eigenvalue weighted by molar-refractivity contribution is 5.51. The fraction of sp³-hybridized carbons (Fsp3) is 0.500. The maximum atomic E-state index is 6.09. The summed E-state index contributed by atoms with van der Waals surface area (Å²) in [4.78, 5) is 6.53. The van der Waals surface area contributed by atoms with E-state index in [0.717, 1.165) is 24.4 Å². The molecule has 0 bridgehead atoms. The fourth-order valence-corrected chi connectivity index (χ4v) is 2.03. The molecule has 98 valence electrons. The molecule has 0 aliphatic heterocycles. The van der Waals surface area contributed by atoms with Crippen molar-refractivity contribution in [3.63, 3.8) is 0 Å². The quantitative estimate of drug-likeness (QED) is 0.879. The number of anilines is 1. The molecule has 0 radical (unpaired) electrons. The largest absolute Gasteiger partial charge is 0.361 e. The van der Waals surface area contributed by atoms with Crippen molar-refractivity contribution in [1.82, 2.24) is 9.38 Å². The first-order valence-electron chi connectivity index (χ1n) is 6.48. The highest BCUT2D eigenvalue weighted by Crippen LogP contribution is 2.16. The maximum absolute atomic E-state index is 6.09. The molecule has 4 nitrogen and oxygen atoms in total. The van der Waals surface area contributed by atoms with Crippen molar-refractivity contribution in [3.05, 3.63) is 30.6 Å². The summed E-state index contributed by atoms with van der Waals surface area (Å²) in [6.45, 7) is 5.29. The van der Waals surface area contributed by atoms with Crippen molar-refractivity contribution < 1.29 is 0 Å². The second kappa shape index (κ2) is 5.40. The van der Waals surface area contributed by atoms with Crippen LogP contribution in [-0.2, 0) is 0 Å². The smallest absolute Gasteiger partial charge is 0.138 e. The van der Waals surface area contributed by atoms with Crippen molar-refractivity contribution in [3.8, 4) is 0 Å². The topological polar surface area (TPSA) is 46.6 Å². The van der Waals surface area contributed by atoms with Crippen LogP contribution in [0.1, 0.15) is 20.3 Å². The van der Waals surface area contributed by atoms with Crippen LogP contribution in [-0.4, -0.2) is 29.0 Å². The Morgan fingerprint density at radius 2 is 2.17 bits per heavy atom. The number of rotatable bonds is 5. The lowest BCUT2D eigenvalue weighted by atomic mass is 10.0. The molecule has 2 aromatic heterocycles. The third-order valence-electron chi connectivity index (χ3n) is 3.45. The first-order valence-corrected chi connectivity index (χ1v) is 6.48. The van der Waals surface area contributed by atoms with E-state index in [4.69, 9.17) is 5.73 Å². The van der Waals surface area contributed by atoms with E-state index < -0.39 is 0 Å². The summed E-state index contributed by atoms with van der Waals surface area (Å²) in [7, 11) is 2.10. The number of fused-ring (bicyclic) bond motifs is 1. The summed E-state index contributed by atoms with van der Waals surface area (Å²) in [5, 5.41) is 0. The van der Waals surface area contributed by atoms with Crippen LogP contribution < -0.4 is 10.6 Å². The van der Waals surface area contributed by atoms with Gasteiger partial charge in [-0.15, -0.1) is 0 Å². The summed E-state index contributed by atoms with van der Waals surface area (Å²) in [5.74, 6) is 1.68. The molecule has 1 atom stereocenters. The predicted octanol–water partition coefficient (Wildman–Crippen LogP) is 2.14. The molecule has 2 N–H and O–H groups in total. The van der Waals surface area contributed by atoms with Gasteiger partial charge in [0.15, 0.2) is 0 Å². The van der Waals surface area contributed by atoms with Gasteiger partial charge in [0, 0.05) is 32.0 Å². The summed E-state index contributed by atoms with van der Waals surface area (Å²) in [6, 6.07) is 6.41. The molecule has 2 aromatic rings. The van der Waals surface area contributed by atoms with E-state index in [1.54, 1.807) is 0 Å².